The molecule has 4 rings (SSSR count). The van der Waals surface area contributed by atoms with Crippen molar-refractivity contribution in [2.75, 3.05) is 7.11 Å². The fourth-order valence-corrected chi connectivity index (χ4v) is 4.22. The van der Waals surface area contributed by atoms with E-state index in [1.165, 1.54) is 5.56 Å². The number of hydrogen-bond acceptors (Lipinski definition) is 5. The highest BCUT2D eigenvalue weighted by Gasteiger charge is 2.31. The summed E-state index contributed by atoms with van der Waals surface area (Å²) in [7, 11) is 1.66. The first-order chi connectivity index (χ1) is 13.8. The maximum absolute atomic E-state index is 12.7. The monoisotopic (exact) mass is 393 g/mol. The molecule has 5 nitrogen and oxygen atoms in total. The fourth-order valence-electron chi connectivity index (χ4n) is 3.57. The number of rotatable bonds is 6. The van der Waals surface area contributed by atoms with Gasteiger partial charge in [0.05, 0.1) is 13.2 Å². The maximum atomic E-state index is 12.7. The lowest BCUT2D eigenvalue weighted by Gasteiger charge is -2.14. The first-order valence-electron chi connectivity index (χ1n) is 9.28. The average Bonchev–Trinajstić information content (AvgIpc) is 3.44. The molecule has 6 heteroatoms. The van der Waals surface area contributed by atoms with Crippen molar-refractivity contribution in [3.05, 3.63) is 76.5 Å². The molecule has 2 unspecified atom stereocenters. The Morgan fingerprint density at radius 3 is 2.79 bits per heavy atom. The molecule has 1 aliphatic rings. The fraction of sp³-hybridized carbons (Fsp3) is 0.227. The van der Waals surface area contributed by atoms with Gasteiger partial charge in [-0.1, -0.05) is 42.5 Å². The van der Waals surface area contributed by atoms with Crippen LogP contribution in [0, 0.1) is 0 Å². The van der Waals surface area contributed by atoms with E-state index in [1.807, 2.05) is 36.4 Å². The van der Waals surface area contributed by atoms with Gasteiger partial charge < -0.3 is 10.1 Å². The first-order valence-corrected chi connectivity index (χ1v) is 10.2. The highest BCUT2D eigenvalue weighted by molar-refractivity contribution is 7.08. The summed E-state index contributed by atoms with van der Waals surface area (Å²) < 4.78 is 5.44. The number of hydrazine groups is 1. The van der Waals surface area contributed by atoms with Crippen molar-refractivity contribution in [1.29, 1.82) is 0 Å². The van der Waals surface area contributed by atoms with Crippen LogP contribution in [0.4, 0.5) is 0 Å². The largest absolute Gasteiger partial charge is 0.496 e. The van der Waals surface area contributed by atoms with Gasteiger partial charge in [-0.05, 0) is 46.0 Å². The smallest absolute Gasteiger partial charge is 0.238 e. The zero-order chi connectivity index (χ0) is 19.3. The molecule has 0 spiro atoms. The highest BCUT2D eigenvalue weighted by Crippen LogP contribution is 2.30. The van der Waals surface area contributed by atoms with E-state index in [2.05, 4.69) is 45.1 Å². The van der Waals surface area contributed by atoms with E-state index < -0.39 is 0 Å². The van der Waals surface area contributed by atoms with E-state index in [-0.39, 0.29) is 18.0 Å². The molecular formula is C22H23N3O2S. The summed E-state index contributed by atoms with van der Waals surface area (Å²) in [6.07, 6.45) is 0.665. The number of hydrogen-bond donors (Lipinski definition) is 3. The Bertz CT molecular complexity index is 942. The molecule has 0 bridgehead atoms. The van der Waals surface area contributed by atoms with Crippen LogP contribution in [0.2, 0.25) is 0 Å². The van der Waals surface area contributed by atoms with Gasteiger partial charge in [0.25, 0.3) is 0 Å². The second-order valence-corrected chi connectivity index (χ2v) is 7.54. The van der Waals surface area contributed by atoms with Crippen LogP contribution in [0.5, 0.6) is 5.75 Å². The van der Waals surface area contributed by atoms with Gasteiger partial charge in [-0.25, -0.2) is 10.9 Å². The van der Waals surface area contributed by atoms with Gasteiger partial charge in [-0.15, -0.1) is 0 Å². The minimum absolute atomic E-state index is 0.00924. The Kier molecular flexibility index (Phi) is 5.71. The average molecular weight is 394 g/mol. The zero-order valence-electron chi connectivity index (χ0n) is 15.6. The number of ether oxygens (including phenoxy) is 1. The lowest BCUT2D eigenvalue weighted by molar-refractivity contribution is -0.123. The molecule has 1 amide bonds. The lowest BCUT2D eigenvalue weighted by Crippen LogP contribution is -2.42. The molecule has 1 fully saturated rings. The number of thiophene rings is 1. The third kappa shape index (κ3) is 3.94. The van der Waals surface area contributed by atoms with E-state index in [4.69, 9.17) is 4.74 Å². The number of carbonyl (C=O) groups is 1. The van der Waals surface area contributed by atoms with Gasteiger partial charge in [0, 0.05) is 12.1 Å². The van der Waals surface area contributed by atoms with Gasteiger partial charge >= 0.3 is 0 Å². The number of methoxy groups -OCH3 is 1. The first kappa shape index (κ1) is 18.7. The van der Waals surface area contributed by atoms with E-state index in [0.717, 1.165) is 22.4 Å². The molecule has 1 saturated heterocycles. The third-order valence-corrected chi connectivity index (χ3v) is 5.72. The van der Waals surface area contributed by atoms with Crippen LogP contribution in [0.15, 0.2) is 65.4 Å². The standard InChI is InChI=1S/C22H23N3O2S/c1-27-21-9-5-4-8-18(21)19-12-20(25-24-19)22(26)23-13-15-6-2-3-7-17(15)16-10-11-28-14-16/h2-11,14,19-20,24-25H,12-13H2,1H3,(H,23,26). The van der Waals surface area contributed by atoms with E-state index in [1.54, 1.807) is 18.4 Å². The molecule has 28 heavy (non-hydrogen) atoms. The topological polar surface area (TPSA) is 62.4 Å². The Labute approximate surface area is 168 Å². The van der Waals surface area contributed by atoms with Gasteiger partial charge in [0.1, 0.15) is 11.8 Å². The van der Waals surface area contributed by atoms with Crippen molar-refractivity contribution < 1.29 is 9.53 Å². The number of para-hydroxylation sites is 1. The number of benzene rings is 2. The molecule has 0 saturated carbocycles. The number of carbonyl (C=O) groups excluding carboxylic acids is 1. The van der Waals surface area contributed by atoms with Crippen LogP contribution < -0.4 is 20.9 Å². The van der Waals surface area contributed by atoms with E-state index in [9.17, 15) is 4.79 Å². The highest BCUT2D eigenvalue weighted by atomic mass is 32.1. The predicted molar refractivity (Wildman–Crippen MR) is 112 cm³/mol. The van der Waals surface area contributed by atoms with Crippen molar-refractivity contribution in [2.45, 2.75) is 25.0 Å². The maximum Gasteiger partial charge on any atom is 0.238 e. The molecule has 2 heterocycles. The summed E-state index contributed by atoms with van der Waals surface area (Å²) in [6, 6.07) is 17.9. The second-order valence-electron chi connectivity index (χ2n) is 6.76. The molecule has 1 aromatic heterocycles. The molecule has 0 aliphatic carbocycles. The summed E-state index contributed by atoms with van der Waals surface area (Å²) in [5.41, 5.74) is 10.9. The molecule has 3 aromatic rings. The van der Waals surface area contributed by atoms with Crippen LogP contribution in [0.25, 0.3) is 11.1 Å². The van der Waals surface area contributed by atoms with Crippen molar-refractivity contribution in [2.24, 2.45) is 0 Å². The van der Waals surface area contributed by atoms with Crippen LogP contribution in [0.1, 0.15) is 23.6 Å². The van der Waals surface area contributed by atoms with Gasteiger partial charge in [-0.2, -0.15) is 11.3 Å². The summed E-state index contributed by atoms with van der Waals surface area (Å²) in [5.74, 6) is 0.817. The quantitative estimate of drug-likeness (QED) is 0.598. The molecule has 2 atom stereocenters. The van der Waals surface area contributed by atoms with Gasteiger partial charge in [0.15, 0.2) is 0 Å². The molecule has 3 N–H and O–H groups in total. The normalized spacial score (nSPS) is 18.8. The van der Waals surface area contributed by atoms with Gasteiger partial charge in [-0.3, -0.25) is 4.79 Å². The number of nitrogens with one attached hydrogen (secondary N) is 3. The molecule has 0 radical (unpaired) electrons. The van der Waals surface area contributed by atoms with Crippen molar-refractivity contribution >= 4 is 17.2 Å². The minimum atomic E-state index is -0.289. The van der Waals surface area contributed by atoms with Crippen molar-refractivity contribution in [3.8, 4) is 16.9 Å². The Morgan fingerprint density at radius 2 is 1.96 bits per heavy atom. The molecule has 1 aliphatic heterocycles. The predicted octanol–water partition coefficient (Wildman–Crippen LogP) is 3.65. The summed E-state index contributed by atoms with van der Waals surface area (Å²) in [5, 5.41) is 7.27. The summed E-state index contributed by atoms with van der Waals surface area (Å²) in [4.78, 5) is 12.7. The van der Waals surface area contributed by atoms with E-state index in [0.29, 0.717) is 13.0 Å². The zero-order valence-corrected chi connectivity index (χ0v) is 16.5. The Balaban J connectivity index is 1.39. The van der Waals surface area contributed by atoms with Crippen molar-refractivity contribution in [3.63, 3.8) is 0 Å². The summed E-state index contributed by atoms with van der Waals surface area (Å²) in [6.45, 7) is 0.502. The molecule has 2 aromatic carbocycles. The Hall–Kier alpha value is -2.67. The van der Waals surface area contributed by atoms with Crippen molar-refractivity contribution in [1.82, 2.24) is 16.2 Å². The van der Waals surface area contributed by atoms with E-state index >= 15 is 0 Å². The number of amides is 1. The Morgan fingerprint density at radius 1 is 1.14 bits per heavy atom. The molecule has 144 valence electrons. The third-order valence-electron chi connectivity index (χ3n) is 5.04. The minimum Gasteiger partial charge on any atom is -0.496 e. The van der Waals surface area contributed by atoms with Crippen LogP contribution in [0.3, 0.4) is 0 Å². The SMILES string of the molecule is COc1ccccc1C1CC(C(=O)NCc2ccccc2-c2ccsc2)NN1. The summed E-state index contributed by atoms with van der Waals surface area (Å²) >= 11 is 1.67. The van der Waals surface area contributed by atoms with Crippen LogP contribution in [-0.2, 0) is 11.3 Å². The lowest BCUT2D eigenvalue weighted by atomic mass is 10.00. The second kappa shape index (κ2) is 8.56. The van der Waals surface area contributed by atoms with Crippen LogP contribution >= 0.6 is 11.3 Å². The van der Waals surface area contributed by atoms with Gasteiger partial charge in [0.2, 0.25) is 5.91 Å². The van der Waals surface area contributed by atoms with Crippen LogP contribution in [-0.4, -0.2) is 19.1 Å². The molecular weight excluding hydrogens is 370 g/mol.